The molecule has 0 aromatic carbocycles. The van der Waals surface area contributed by atoms with Gasteiger partial charge in [0.1, 0.15) is 19.3 Å². The average molecular weight is 1400 g/mol. The van der Waals surface area contributed by atoms with Crippen LogP contribution in [0.3, 0.4) is 0 Å². The van der Waals surface area contributed by atoms with Crippen LogP contribution in [0.2, 0.25) is 0 Å². The molecule has 0 aliphatic rings. The van der Waals surface area contributed by atoms with Gasteiger partial charge in [0.25, 0.3) is 0 Å². The van der Waals surface area contributed by atoms with Gasteiger partial charge in [-0.15, -0.1) is 0 Å². The van der Waals surface area contributed by atoms with E-state index in [2.05, 4.69) is 48.5 Å². The predicted octanol–water partition coefficient (Wildman–Crippen LogP) is 22.2. The zero-order valence-corrected chi connectivity index (χ0v) is 63.9. The Labute approximate surface area is 581 Å². The van der Waals surface area contributed by atoms with Crippen molar-refractivity contribution < 1.29 is 80.2 Å². The van der Waals surface area contributed by atoms with Crippen molar-refractivity contribution in [2.24, 2.45) is 17.8 Å². The van der Waals surface area contributed by atoms with Crippen LogP contribution in [0.1, 0.15) is 389 Å². The lowest BCUT2D eigenvalue weighted by molar-refractivity contribution is -0.161. The molecule has 17 nitrogen and oxygen atoms in total. The Balaban J connectivity index is 5.18. The molecule has 0 aliphatic heterocycles. The highest BCUT2D eigenvalue weighted by molar-refractivity contribution is 7.47. The molecule has 0 rings (SSSR count). The fourth-order valence-electron chi connectivity index (χ4n) is 11.5. The molecule has 19 heteroatoms. The summed E-state index contributed by atoms with van der Waals surface area (Å²) in [6, 6.07) is 0. The maximum atomic E-state index is 13.1. The fraction of sp³-hybridized carbons (Fsp3) is 0.947. The van der Waals surface area contributed by atoms with Crippen molar-refractivity contribution in [3.63, 3.8) is 0 Å². The molecule has 3 N–H and O–H groups in total. The van der Waals surface area contributed by atoms with Crippen LogP contribution in [0, 0.1) is 17.8 Å². The van der Waals surface area contributed by atoms with Crippen molar-refractivity contribution in [3.05, 3.63) is 0 Å². The molecule has 0 aromatic heterocycles. The summed E-state index contributed by atoms with van der Waals surface area (Å²) in [5.74, 6) is 0.260. The molecule has 0 amide bonds. The number of rotatable bonds is 74. The second-order valence-electron chi connectivity index (χ2n) is 28.1. The van der Waals surface area contributed by atoms with Crippen LogP contribution in [0.4, 0.5) is 0 Å². The first-order valence-corrected chi connectivity index (χ1v) is 42.5. The summed E-state index contributed by atoms with van der Waals surface area (Å²) >= 11 is 0. The quantitative estimate of drug-likeness (QED) is 0.0222. The Morgan fingerprint density at radius 3 is 0.747 bits per heavy atom. The molecule has 0 saturated heterocycles. The molecular weight excluding hydrogens is 1250 g/mol. The van der Waals surface area contributed by atoms with E-state index in [-0.39, 0.29) is 25.7 Å². The molecule has 0 heterocycles. The van der Waals surface area contributed by atoms with Gasteiger partial charge in [-0.1, -0.05) is 337 Å². The standard InChI is InChI=1S/C76H148O17P2/c1-8-12-13-14-15-16-25-29-36-45-52-59-75(80)93-72(64-87-74(79)58-51-44-39-38-42-49-56-69(7)11-4)66-91-95(84,85)89-62-70(77)61-88-94(82,83)90-65-71(63-86-73(78)57-50-43-35-32-31-34-41-48-55-68(6)10-3)92-76(81)60-53-46-37-30-27-24-22-20-18-17-19-21-23-26-28-33-40-47-54-67(5)9-2/h67-72,77H,8-66H2,1-7H3,(H,82,83)(H,84,85)/t67?,68?,69?,70-,71-,72-/m1/s1. The summed E-state index contributed by atoms with van der Waals surface area (Å²) in [5.41, 5.74) is 0. The Morgan fingerprint density at radius 2 is 0.505 bits per heavy atom. The minimum Gasteiger partial charge on any atom is -0.462 e. The van der Waals surface area contributed by atoms with Gasteiger partial charge in [0.2, 0.25) is 0 Å². The van der Waals surface area contributed by atoms with Crippen LogP contribution in [-0.2, 0) is 65.4 Å². The lowest BCUT2D eigenvalue weighted by Gasteiger charge is -2.21. The number of unbranched alkanes of at least 4 members (excludes halogenated alkanes) is 39. The molecule has 0 aromatic rings. The highest BCUT2D eigenvalue weighted by Crippen LogP contribution is 2.45. The third kappa shape index (κ3) is 66.4. The third-order valence-corrected chi connectivity index (χ3v) is 20.6. The van der Waals surface area contributed by atoms with Crippen LogP contribution in [0.25, 0.3) is 0 Å². The average Bonchev–Trinajstić information content (AvgIpc) is 3.03. The van der Waals surface area contributed by atoms with Crippen LogP contribution < -0.4 is 0 Å². The van der Waals surface area contributed by atoms with E-state index < -0.39 is 97.5 Å². The molecule has 0 aliphatic carbocycles. The van der Waals surface area contributed by atoms with Gasteiger partial charge in [-0.25, -0.2) is 9.13 Å². The summed E-state index contributed by atoms with van der Waals surface area (Å²) in [6.45, 7) is 11.9. The number of carbonyl (C=O) groups is 4. The number of aliphatic hydroxyl groups is 1. The zero-order valence-electron chi connectivity index (χ0n) is 62.1. The number of hydrogen-bond donors (Lipinski definition) is 3. The van der Waals surface area contributed by atoms with Gasteiger partial charge in [-0.05, 0) is 43.4 Å². The Morgan fingerprint density at radius 1 is 0.295 bits per heavy atom. The molecule has 8 atom stereocenters. The van der Waals surface area contributed by atoms with Crippen molar-refractivity contribution in [1.29, 1.82) is 0 Å². The number of phosphoric acid groups is 2. The fourth-order valence-corrected chi connectivity index (χ4v) is 13.1. The van der Waals surface area contributed by atoms with Crippen LogP contribution >= 0.6 is 15.6 Å². The summed E-state index contributed by atoms with van der Waals surface area (Å²) < 4.78 is 68.5. The first kappa shape index (κ1) is 93.1. The van der Waals surface area contributed by atoms with Gasteiger partial charge >= 0.3 is 39.5 Å². The number of esters is 4. The summed E-state index contributed by atoms with van der Waals surface area (Å²) in [7, 11) is -9.91. The monoisotopic (exact) mass is 1400 g/mol. The third-order valence-electron chi connectivity index (χ3n) is 18.7. The SMILES string of the molecule is CCCCCCCCCCCCCC(=O)O[C@H](COC(=O)CCCCCCCCC(C)CC)COP(=O)(O)OC[C@H](O)COP(=O)(O)OC[C@@H](COC(=O)CCCCCCCCCCC(C)CC)OC(=O)CCCCCCCCCCCCCCCCCCCCC(C)CC. The molecule has 5 unspecified atom stereocenters. The van der Waals surface area contributed by atoms with Gasteiger partial charge < -0.3 is 33.8 Å². The number of hydrogen-bond acceptors (Lipinski definition) is 15. The molecular formula is C76H148O17P2. The lowest BCUT2D eigenvalue weighted by atomic mass is 9.99. The summed E-state index contributed by atoms with van der Waals surface area (Å²) in [5, 5.41) is 10.6. The van der Waals surface area contributed by atoms with E-state index in [0.29, 0.717) is 25.7 Å². The van der Waals surface area contributed by atoms with Crippen LogP contribution in [0.5, 0.6) is 0 Å². The largest absolute Gasteiger partial charge is 0.472 e. The van der Waals surface area contributed by atoms with Crippen LogP contribution in [-0.4, -0.2) is 96.7 Å². The Hall–Kier alpha value is -1.94. The van der Waals surface area contributed by atoms with Crippen molar-refractivity contribution >= 4 is 39.5 Å². The number of ether oxygens (including phenoxy) is 4. The van der Waals surface area contributed by atoms with E-state index in [9.17, 15) is 43.2 Å². The van der Waals surface area contributed by atoms with E-state index in [1.165, 1.54) is 193 Å². The van der Waals surface area contributed by atoms with Crippen molar-refractivity contribution in [3.8, 4) is 0 Å². The van der Waals surface area contributed by atoms with E-state index in [1.54, 1.807) is 0 Å². The minimum atomic E-state index is -4.96. The Kier molecular flexibility index (Phi) is 65.2. The zero-order chi connectivity index (χ0) is 70.1. The second kappa shape index (κ2) is 66.6. The maximum Gasteiger partial charge on any atom is 0.472 e. The normalized spacial score (nSPS) is 14.9. The molecule has 95 heavy (non-hydrogen) atoms. The molecule has 0 bridgehead atoms. The molecule has 564 valence electrons. The molecule has 0 saturated carbocycles. The van der Waals surface area contributed by atoms with Gasteiger partial charge in [0.15, 0.2) is 12.2 Å². The first-order valence-electron chi connectivity index (χ1n) is 39.5. The van der Waals surface area contributed by atoms with E-state index >= 15 is 0 Å². The smallest absolute Gasteiger partial charge is 0.462 e. The highest BCUT2D eigenvalue weighted by Gasteiger charge is 2.30. The van der Waals surface area contributed by atoms with Gasteiger partial charge in [0, 0.05) is 25.7 Å². The van der Waals surface area contributed by atoms with Gasteiger partial charge in [-0.3, -0.25) is 37.3 Å². The van der Waals surface area contributed by atoms with Crippen molar-refractivity contribution in [1.82, 2.24) is 0 Å². The van der Waals surface area contributed by atoms with E-state index in [4.69, 9.17) is 37.0 Å². The van der Waals surface area contributed by atoms with Crippen LogP contribution in [0.15, 0.2) is 0 Å². The first-order chi connectivity index (χ1) is 45.8. The van der Waals surface area contributed by atoms with Gasteiger partial charge in [0.05, 0.1) is 26.4 Å². The minimum absolute atomic E-state index is 0.106. The number of phosphoric ester groups is 2. The topological polar surface area (TPSA) is 237 Å². The highest BCUT2D eigenvalue weighted by atomic mass is 31.2. The number of carbonyl (C=O) groups excluding carboxylic acids is 4. The lowest BCUT2D eigenvalue weighted by Crippen LogP contribution is -2.30. The van der Waals surface area contributed by atoms with Gasteiger partial charge in [-0.2, -0.15) is 0 Å². The molecule has 0 fully saturated rings. The van der Waals surface area contributed by atoms with E-state index in [1.807, 2.05) is 0 Å². The van der Waals surface area contributed by atoms with E-state index in [0.717, 1.165) is 114 Å². The summed E-state index contributed by atoms with van der Waals surface area (Å²) in [4.78, 5) is 72.7. The number of aliphatic hydroxyl groups excluding tert-OH is 1. The van der Waals surface area contributed by atoms with Crippen molar-refractivity contribution in [2.75, 3.05) is 39.6 Å². The maximum absolute atomic E-state index is 13.1. The molecule has 0 spiro atoms. The molecule has 0 radical (unpaired) electrons. The summed E-state index contributed by atoms with van der Waals surface area (Å²) in [6.07, 6.45) is 52.7. The second-order valence-corrected chi connectivity index (χ2v) is 31.0. The Bertz CT molecular complexity index is 1860. The van der Waals surface area contributed by atoms with Crippen molar-refractivity contribution in [2.45, 2.75) is 407 Å². The predicted molar refractivity (Wildman–Crippen MR) is 386 cm³/mol.